The standard InChI is InChI=1S/C14H14N2O3/c1-3-19-14(17)13-11-7-8-6-9(18-2)4-5-10(8)12(11)15-16-13/h4-6H,3,7H2,1-2H3,(H,15,16). The number of hydrogen-bond acceptors (Lipinski definition) is 4. The molecule has 1 aromatic carbocycles. The third-order valence-corrected chi connectivity index (χ3v) is 3.28. The summed E-state index contributed by atoms with van der Waals surface area (Å²) in [7, 11) is 1.64. The molecule has 5 nitrogen and oxygen atoms in total. The van der Waals surface area contributed by atoms with Crippen LogP contribution in [0.5, 0.6) is 5.75 Å². The summed E-state index contributed by atoms with van der Waals surface area (Å²) in [5.41, 5.74) is 4.36. The highest BCUT2D eigenvalue weighted by Gasteiger charge is 2.28. The third kappa shape index (κ3) is 1.78. The Kier molecular flexibility index (Phi) is 2.74. The Morgan fingerprint density at radius 3 is 3.05 bits per heavy atom. The van der Waals surface area contributed by atoms with Crippen molar-refractivity contribution in [1.29, 1.82) is 0 Å². The molecule has 2 aromatic rings. The highest BCUT2D eigenvalue weighted by atomic mass is 16.5. The molecule has 1 N–H and O–H groups in total. The second kappa shape index (κ2) is 4.42. The number of benzene rings is 1. The Hall–Kier alpha value is -2.30. The van der Waals surface area contributed by atoms with Crippen LogP contribution >= 0.6 is 0 Å². The number of methoxy groups -OCH3 is 1. The number of nitrogens with zero attached hydrogens (tertiary/aromatic N) is 1. The van der Waals surface area contributed by atoms with Crippen molar-refractivity contribution >= 4 is 5.97 Å². The van der Waals surface area contributed by atoms with Gasteiger partial charge in [0.05, 0.1) is 19.4 Å². The molecule has 1 heterocycles. The number of rotatable bonds is 3. The highest BCUT2D eigenvalue weighted by Crippen LogP contribution is 2.38. The van der Waals surface area contributed by atoms with Crippen LogP contribution in [0.2, 0.25) is 0 Å². The molecule has 0 radical (unpaired) electrons. The van der Waals surface area contributed by atoms with E-state index in [0.717, 1.165) is 28.1 Å². The van der Waals surface area contributed by atoms with Crippen LogP contribution in [0.1, 0.15) is 28.5 Å². The minimum absolute atomic E-state index is 0.351. The lowest BCUT2D eigenvalue weighted by Crippen LogP contribution is -2.07. The van der Waals surface area contributed by atoms with E-state index in [1.165, 1.54) is 0 Å². The van der Waals surface area contributed by atoms with Crippen LogP contribution in [0.4, 0.5) is 0 Å². The molecule has 19 heavy (non-hydrogen) atoms. The fourth-order valence-electron chi connectivity index (χ4n) is 2.40. The van der Waals surface area contributed by atoms with Gasteiger partial charge in [-0.05, 0) is 30.7 Å². The smallest absolute Gasteiger partial charge is 0.356 e. The van der Waals surface area contributed by atoms with Gasteiger partial charge in [0.1, 0.15) is 11.4 Å². The monoisotopic (exact) mass is 258 g/mol. The van der Waals surface area contributed by atoms with E-state index in [9.17, 15) is 4.79 Å². The number of aromatic nitrogens is 2. The average molecular weight is 258 g/mol. The first kappa shape index (κ1) is 11.8. The minimum atomic E-state index is -0.351. The lowest BCUT2D eigenvalue weighted by molar-refractivity contribution is 0.0518. The summed E-state index contributed by atoms with van der Waals surface area (Å²) in [6.45, 7) is 2.14. The summed E-state index contributed by atoms with van der Waals surface area (Å²) in [5.74, 6) is 0.460. The molecule has 0 spiro atoms. The van der Waals surface area contributed by atoms with Gasteiger partial charge in [-0.15, -0.1) is 0 Å². The molecule has 98 valence electrons. The van der Waals surface area contributed by atoms with E-state index < -0.39 is 0 Å². The normalized spacial score (nSPS) is 11.9. The van der Waals surface area contributed by atoms with Gasteiger partial charge < -0.3 is 9.47 Å². The second-order valence-corrected chi connectivity index (χ2v) is 4.35. The zero-order valence-electron chi connectivity index (χ0n) is 10.8. The van der Waals surface area contributed by atoms with Crippen LogP contribution in [0, 0.1) is 0 Å². The van der Waals surface area contributed by atoms with Crippen LogP contribution in [-0.4, -0.2) is 29.9 Å². The van der Waals surface area contributed by atoms with Crippen LogP contribution in [0.3, 0.4) is 0 Å². The first-order valence-corrected chi connectivity index (χ1v) is 6.16. The molecule has 0 aliphatic heterocycles. The third-order valence-electron chi connectivity index (χ3n) is 3.28. The van der Waals surface area contributed by atoms with Crippen molar-refractivity contribution in [3.05, 3.63) is 35.0 Å². The number of nitrogens with one attached hydrogen (secondary N) is 1. The fourth-order valence-corrected chi connectivity index (χ4v) is 2.40. The van der Waals surface area contributed by atoms with Crippen molar-refractivity contribution in [3.63, 3.8) is 0 Å². The zero-order valence-corrected chi connectivity index (χ0v) is 10.8. The Balaban J connectivity index is 2.01. The second-order valence-electron chi connectivity index (χ2n) is 4.35. The van der Waals surface area contributed by atoms with E-state index in [1.807, 2.05) is 18.2 Å². The van der Waals surface area contributed by atoms with Crippen LogP contribution in [0.15, 0.2) is 18.2 Å². The van der Waals surface area contributed by atoms with E-state index in [1.54, 1.807) is 14.0 Å². The van der Waals surface area contributed by atoms with Crippen LogP contribution in [-0.2, 0) is 11.2 Å². The van der Waals surface area contributed by atoms with Gasteiger partial charge in [-0.2, -0.15) is 5.10 Å². The lowest BCUT2D eigenvalue weighted by Gasteiger charge is -2.03. The molecule has 0 bridgehead atoms. The molecule has 1 aliphatic rings. The Bertz CT molecular complexity index is 646. The summed E-state index contributed by atoms with van der Waals surface area (Å²) in [5, 5.41) is 7.00. The van der Waals surface area contributed by atoms with Gasteiger partial charge in [-0.1, -0.05) is 0 Å². The summed E-state index contributed by atoms with van der Waals surface area (Å²) < 4.78 is 10.2. The fraction of sp³-hybridized carbons (Fsp3) is 0.286. The average Bonchev–Trinajstić information content (AvgIpc) is 2.96. The molecule has 3 rings (SSSR count). The number of carbonyl (C=O) groups is 1. The molecule has 5 heteroatoms. The maximum Gasteiger partial charge on any atom is 0.356 e. The number of ether oxygens (including phenoxy) is 2. The van der Waals surface area contributed by atoms with Gasteiger partial charge in [-0.3, -0.25) is 5.10 Å². The molecule has 0 saturated heterocycles. The van der Waals surface area contributed by atoms with Gasteiger partial charge in [0.25, 0.3) is 0 Å². The maximum absolute atomic E-state index is 11.8. The van der Waals surface area contributed by atoms with E-state index in [4.69, 9.17) is 9.47 Å². The van der Waals surface area contributed by atoms with Gasteiger partial charge in [0.15, 0.2) is 0 Å². The van der Waals surface area contributed by atoms with Gasteiger partial charge in [-0.25, -0.2) is 4.79 Å². The molecule has 0 unspecified atom stereocenters. The number of fused-ring (bicyclic) bond motifs is 3. The van der Waals surface area contributed by atoms with Crippen molar-refractivity contribution in [2.24, 2.45) is 0 Å². The first-order chi connectivity index (χ1) is 9.24. The number of hydrogen-bond donors (Lipinski definition) is 1. The summed E-state index contributed by atoms with van der Waals surface area (Å²) in [6, 6.07) is 5.84. The van der Waals surface area contributed by atoms with Crippen molar-refractivity contribution in [1.82, 2.24) is 10.2 Å². The van der Waals surface area contributed by atoms with Crippen molar-refractivity contribution in [2.45, 2.75) is 13.3 Å². The molecule has 0 amide bonds. The summed E-state index contributed by atoms with van der Waals surface area (Å²) in [4.78, 5) is 11.8. The van der Waals surface area contributed by atoms with Gasteiger partial charge in [0, 0.05) is 17.5 Å². The maximum atomic E-state index is 11.8. The quantitative estimate of drug-likeness (QED) is 0.731. The summed E-state index contributed by atoms with van der Waals surface area (Å²) in [6.07, 6.45) is 0.673. The molecule has 0 atom stereocenters. The van der Waals surface area contributed by atoms with Gasteiger partial charge in [0.2, 0.25) is 0 Å². The molecule has 0 saturated carbocycles. The summed E-state index contributed by atoms with van der Waals surface area (Å²) >= 11 is 0. The molecule has 1 aliphatic carbocycles. The molecular weight excluding hydrogens is 244 g/mol. The van der Waals surface area contributed by atoms with E-state index in [0.29, 0.717) is 18.7 Å². The molecule has 0 fully saturated rings. The van der Waals surface area contributed by atoms with E-state index in [2.05, 4.69) is 10.2 Å². The van der Waals surface area contributed by atoms with Crippen molar-refractivity contribution in [2.75, 3.05) is 13.7 Å². The van der Waals surface area contributed by atoms with E-state index >= 15 is 0 Å². The predicted molar refractivity (Wildman–Crippen MR) is 69.3 cm³/mol. The number of carbonyl (C=O) groups excluding carboxylic acids is 1. The predicted octanol–water partition coefficient (Wildman–Crippen LogP) is 2.17. The van der Waals surface area contributed by atoms with Crippen LogP contribution in [0.25, 0.3) is 11.3 Å². The first-order valence-electron chi connectivity index (χ1n) is 6.16. The Morgan fingerprint density at radius 2 is 2.32 bits per heavy atom. The van der Waals surface area contributed by atoms with Gasteiger partial charge >= 0.3 is 5.97 Å². The largest absolute Gasteiger partial charge is 0.497 e. The molecule has 1 aromatic heterocycles. The number of aromatic amines is 1. The highest BCUT2D eigenvalue weighted by molar-refractivity contribution is 5.93. The Morgan fingerprint density at radius 1 is 1.47 bits per heavy atom. The number of esters is 1. The number of H-pyrrole nitrogens is 1. The van der Waals surface area contributed by atoms with Crippen molar-refractivity contribution in [3.8, 4) is 17.0 Å². The SMILES string of the molecule is CCOC(=O)c1[nH]nc2c1Cc1cc(OC)ccc1-2. The zero-order chi connectivity index (χ0) is 13.4. The van der Waals surface area contributed by atoms with Crippen LogP contribution < -0.4 is 4.74 Å². The Labute approximate surface area is 110 Å². The van der Waals surface area contributed by atoms with Crippen molar-refractivity contribution < 1.29 is 14.3 Å². The lowest BCUT2D eigenvalue weighted by atomic mass is 10.1. The molecular formula is C14H14N2O3. The minimum Gasteiger partial charge on any atom is -0.497 e. The van der Waals surface area contributed by atoms with E-state index in [-0.39, 0.29) is 5.97 Å². The topological polar surface area (TPSA) is 64.2 Å².